The molecule has 0 rings (SSSR count). The van der Waals surface area contributed by atoms with E-state index in [9.17, 15) is 19.5 Å². The van der Waals surface area contributed by atoms with Crippen molar-refractivity contribution in [3.8, 4) is 0 Å². The lowest BCUT2D eigenvalue weighted by molar-refractivity contribution is -0.870. The zero-order valence-corrected chi connectivity index (χ0v) is 69.1. The zero-order chi connectivity index (χ0) is 73.2. The molecule has 0 aromatic heterocycles. The van der Waals surface area contributed by atoms with Crippen LogP contribution in [0.5, 0.6) is 0 Å². The minimum absolute atomic E-state index is 0.153. The van der Waals surface area contributed by atoms with Gasteiger partial charge in [-0.25, -0.2) is 0 Å². The molecule has 0 saturated carbocycles. The van der Waals surface area contributed by atoms with Gasteiger partial charge in [0.25, 0.3) is 0 Å². The molecule has 0 aromatic rings. The molecular weight excluding hydrogens is 1250 g/mol. The van der Waals surface area contributed by atoms with Crippen LogP contribution >= 0.6 is 0 Å². The van der Waals surface area contributed by atoms with Crippen molar-refractivity contribution in [3.05, 3.63) is 12.2 Å². The smallest absolute Gasteiger partial charge is 0.306 e. The van der Waals surface area contributed by atoms with Crippen LogP contribution in [-0.4, -0.2) is 82.3 Å². The highest BCUT2D eigenvalue weighted by Gasteiger charge is 2.22. The van der Waals surface area contributed by atoms with Gasteiger partial charge in [-0.1, -0.05) is 463 Å². The third-order valence-electron chi connectivity index (χ3n) is 21.5. The summed E-state index contributed by atoms with van der Waals surface area (Å²) in [6, 6.07) is 0. The maximum absolute atomic E-state index is 13.0. The van der Waals surface area contributed by atoms with Crippen molar-refractivity contribution < 1.29 is 42.9 Å². The first-order valence-corrected chi connectivity index (χ1v) is 45.8. The standard InChI is InChI=1S/C92H179NO8/c1-6-8-10-12-14-16-18-20-22-24-26-28-30-32-34-36-38-40-42-44-45-47-49-51-53-55-57-59-61-63-65-67-69-71-73-75-77-79-81-83-90(95)101-88(87-100-92(91(96)97)98-85-84-93(3,4)5)86-99-89(94)82-80-78-76-74-72-70-68-66-64-62-60-58-56-54-52-50-48-46-43-41-39-37-35-33-31-29-27-25-23-21-19-17-15-13-11-9-7-2/h24,26,88,92H,6-23,25,27-87H2,1-5H3/b26-24-. The summed E-state index contributed by atoms with van der Waals surface area (Å²) in [6.45, 7) is 4.86. The second-order valence-electron chi connectivity index (χ2n) is 33.0. The molecule has 0 N–H and O–H groups in total. The molecule has 9 nitrogen and oxygen atoms in total. The number of unbranched alkanes of at least 4 members (excludes halogenated alkanes) is 71. The summed E-state index contributed by atoms with van der Waals surface area (Å²) >= 11 is 0. The van der Waals surface area contributed by atoms with E-state index >= 15 is 0 Å². The van der Waals surface area contributed by atoms with Crippen LogP contribution in [0.1, 0.15) is 502 Å². The first kappa shape index (κ1) is 99.0. The number of carboxylic acid groups (broad SMARTS) is 1. The Bertz CT molecular complexity index is 1660. The number of hydrogen-bond donors (Lipinski definition) is 0. The van der Waals surface area contributed by atoms with Gasteiger partial charge in [0.2, 0.25) is 0 Å². The average Bonchev–Trinajstić information content (AvgIpc) is 1.21. The summed E-state index contributed by atoms with van der Waals surface area (Å²) in [5, 5.41) is 11.9. The number of ether oxygens (including phenoxy) is 4. The zero-order valence-electron chi connectivity index (χ0n) is 69.1. The van der Waals surface area contributed by atoms with E-state index in [1.807, 2.05) is 21.1 Å². The van der Waals surface area contributed by atoms with Gasteiger partial charge >= 0.3 is 11.9 Å². The Labute approximate surface area is 631 Å². The summed E-state index contributed by atoms with van der Waals surface area (Å²) in [4.78, 5) is 37.7. The minimum Gasteiger partial charge on any atom is -0.545 e. The van der Waals surface area contributed by atoms with Crippen LogP contribution in [0, 0.1) is 0 Å². The Kier molecular flexibility index (Phi) is 82.0. The molecule has 101 heavy (non-hydrogen) atoms. The van der Waals surface area contributed by atoms with E-state index in [0.29, 0.717) is 17.4 Å². The molecule has 0 heterocycles. The van der Waals surface area contributed by atoms with Gasteiger partial charge in [0.05, 0.1) is 40.3 Å². The molecule has 0 aromatic carbocycles. The predicted octanol–water partition coefficient (Wildman–Crippen LogP) is 28.5. The molecular formula is C92H179NO8. The third kappa shape index (κ3) is 85.2. The Balaban J connectivity index is 3.87. The molecule has 0 aliphatic carbocycles. The minimum atomic E-state index is -1.62. The van der Waals surface area contributed by atoms with Gasteiger partial charge < -0.3 is 33.3 Å². The van der Waals surface area contributed by atoms with Crippen molar-refractivity contribution in [2.75, 3.05) is 47.5 Å². The SMILES string of the molecule is CCCCCCCCCC/C=C\CCCCCCCCCCCCCCCCCCCCCCCCCCCCCC(=O)OC(COC(=O)CCCCCCCCCCCCCCCCCCCCCCCCCCCCCCCCCCCCCCC)COC(OCC[N+](C)(C)C)C(=O)[O-]. The van der Waals surface area contributed by atoms with Crippen LogP contribution in [0.2, 0.25) is 0 Å². The van der Waals surface area contributed by atoms with Crippen LogP contribution in [0.15, 0.2) is 12.2 Å². The second-order valence-corrected chi connectivity index (χ2v) is 33.0. The fourth-order valence-corrected chi connectivity index (χ4v) is 14.5. The van der Waals surface area contributed by atoms with Gasteiger partial charge in [-0.15, -0.1) is 0 Å². The molecule has 0 bridgehead atoms. The number of likely N-dealkylation sites (N-methyl/N-ethyl adjacent to an activating group) is 1. The van der Waals surface area contributed by atoms with E-state index in [0.717, 1.165) is 38.5 Å². The van der Waals surface area contributed by atoms with Crippen LogP contribution in [-0.2, 0) is 33.3 Å². The quantitative estimate of drug-likeness (QED) is 0.0195. The Hall–Kier alpha value is -1.97. The second kappa shape index (κ2) is 83.7. The number of carbonyl (C=O) groups is 3. The normalized spacial score (nSPS) is 12.5. The lowest BCUT2D eigenvalue weighted by Crippen LogP contribution is -2.44. The Morgan fingerprint density at radius 2 is 0.505 bits per heavy atom. The lowest BCUT2D eigenvalue weighted by atomic mass is 10.0. The van der Waals surface area contributed by atoms with Gasteiger partial charge in [0.1, 0.15) is 13.2 Å². The van der Waals surface area contributed by atoms with Crippen LogP contribution in [0.3, 0.4) is 0 Å². The van der Waals surface area contributed by atoms with Crippen molar-refractivity contribution in [2.24, 2.45) is 0 Å². The molecule has 0 aliphatic heterocycles. The van der Waals surface area contributed by atoms with Crippen LogP contribution in [0.4, 0.5) is 0 Å². The lowest BCUT2D eigenvalue weighted by Gasteiger charge is -2.26. The number of aliphatic carboxylic acids is 1. The van der Waals surface area contributed by atoms with Crippen molar-refractivity contribution in [1.82, 2.24) is 0 Å². The fraction of sp³-hybridized carbons (Fsp3) is 0.946. The van der Waals surface area contributed by atoms with E-state index < -0.39 is 24.3 Å². The number of allylic oxidation sites excluding steroid dienone is 2. The van der Waals surface area contributed by atoms with E-state index in [1.165, 1.54) is 437 Å². The fourth-order valence-electron chi connectivity index (χ4n) is 14.5. The summed E-state index contributed by atoms with van der Waals surface area (Å²) < 4.78 is 22.9. The Morgan fingerprint density at radius 3 is 0.733 bits per heavy atom. The van der Waals surface area contributed by atoms with Crippen molar-refractivity contribution >= 4 is 17.9 Å². The van der Waals surface area contributed by atoms with E-state index in [2.05, 4.69) is 26.0 Å². The van der Waals surface area contributed by atoms with Crippen molar-refractivity contribution in [1.29, 1.82) is 0 Å². The summed E-state index contributed by atoms with van der Waals surface area (Å²) in [5.74, 6) is -2.24. The molecule has 0 aliphatic rings. The van der Waals surface area contributed by atoms with E-state index in [-0.39, 0.29) is 32.2 Å². The number of nitrogens with zero attached hydrogens (tertiary/aromatic N) is 1. The maximum atomic E-state index is 13.0. The van der Waals surface area contributed by atoms with Crippen LogP contribution in [0.25, 0.3) is 0 Å². The molecule has 0 fully saturated rings. The van der Waals surface area contributed by atoms with Crippen molar-refractivity contribution in [3.63, 3.8) is 0 Å². The van der Waals surface area contributed by atoms with Gasteiger partial charge in [-0.2, -0.15) is 0 Å². The van der Waals surface area contributed by atoms with Crippen molar-refractivity contribution in [2.45, 2.75) is 514 Å². The summed E-state index contributed by atoms with van der Waals surface area (Å²) in [5.41, 5.74) is 0. The molecule has 0 saturated heterocycles. The molecule has 2 atom stereocenters. The predicted molar refractivity (Wildman–Crippen MR) is 436 cm³/mol. The molecule has 600 valence electrons. The number of quaternary nitrogens is 1. The molecule has 0 radical (unpaired) electrons. The summed E-state index contributed by atoms with van der Waals surface area (Å²) in [7, 11) is 5.96. The van der Waals surface area contributed by atoms with Gasteiger partial charge in [-0.05, 0) is 38.5 Å². The highest BCUT2D eigenvalue weighted by atomic mass is 16.7. The van der Waals surface area contributed by atoms with Crippen LogP contribution < -0.4 is 5.11 Å². The number of esters is 2. The largest absolute Gasteiger partial charge is 0.545 e. The average molecular weight is 1430 g/mol. The number of carbonyl (C=O) groups excluding carboxylic acids is 3. The maximum Gasteiger partial charge on any atom is 0.306 e. The number of rotatable bonds is 88. The van der Waals surface area contributed by atoms with E-state index in [4.69, 9.17) is 18.9 Å². The highest BCUT2D eigenvalue weighted by Crippen LogP contribution is 2.22. The highest BCUT2D eigenvalue weighted by molar-refractivity contribution is 5.70. The summed E-state index contributed by atoms with van der Waals surface area (Å²) in [6.07, 6.45) is 104. The molecule has 0 amide bonds. The molecule has 9 heteroatoms. The molecule has 0 spiro atoms. The van der Waals surface area contributed by atoms with Gasteiger partial charge in [0.15, 0.2) is 12.4 Å². The molecule has 2 unspecified atom stereocenters. The number of carboxylic acids is 1. The topological polar surface area (TPSA) is 111 Å². The Morgan fingerprint density at radius 1 is 0.287 bits per heavy atom. The van der Waals surface area contributed by atoms with Gasteiger partial charge in [0, 0.05) is 12.8 Å². The number of hydrogen-bond acceptors (Lipinski definition) is 8. The monoisotopic (exact) mass is 1430 g/mol. The van der Waals surface area contributed by atoms with Gasteiger partial charge in [-0.3, -0.25) is 9.59 Å². The first-order valence-electron chi connectivity index (χ1n) is 45.8. The first-order chi connectivity index (χ1) is 49.6. The van der Waals surface area contributed by atoms with E-state index in [1.54, 1.807) is 0 Å². The third-order valence-corrected chi connectivity index (χ3v) is 21.5.